The smallest absolute Gasteiger partial charge is 0.0767 e. The van der Waals surface area contributed by atoms with Gasteiger partial charge in [-0.25, -0.2) is 0 Å². The molecule has 0 spiro atoms. The lowest BCUT2D eigenvalue weighted by Crippen LogP contribution is -2.14. The number of hydrogen-bond acceptors (Lipinski definition) is 2. The van der Waals surface area contributed by atoms with Crippen molar-refractivity contribution in [2.45, 2.75) is 51.6 Å². The Morgan fingerprint density at radius 1 is 1.25 bits per heavy atom. The molecule has 1 unspecified atom stereocenters. The van der Waals surface area contributed by atoms with Crippen molar-refractivity contribution in [2.24, 2.45) is 0 Å². The summed E-state index contributed by atoms with van der Waals surface area (Å²) in [6.45, 7) is 4.19. The zero-order valence-corrected chi connectivity index (χ0v) is 11.8. The fourth-order valence-corrected chi connectivity index (χ4v) is 2.47. The van der Waals surface area contributed by atoms with E-state index < -0.39 is 0 Å². The Labute approximate surface area is 108 Å². The van der Waals surface area contributed by atoms with Crippen LogP contribution in [-0.2, 0) is 9.47 Å². The predicted molar refractivity (Wildman–Crippen MR) is 70.9 cm³/mol. The molecule has 0 aromatic heterocycles. The van der Waals surface area contributed by atoms with Gasteiger partial charge in [-0.2, -0.15) is 0 Å². The molecule has 2 nitrogen and oxygen atoms in total. The summed E-state index contributed by atoms with van der Waals surface area (Å²) in [5.74, 6) is 0. The van der Waals surface area contributed by atoms with Crippen molar-refractivity contribution in [3.05, 3.63) is 10.6 Å². The van der Waals surface area contributed by atoms with Gasteiger partial charge in [0.25, 0.3) is 0 Å². The van der Waals surface area contributed by atoms with E-state index in [0.717, 1.165) is 19.4 Å². The van der Waals surface area contributed by atoms with Gasteiger partial charge in [-0.15, -0.1) is 0 Å². The molecule has 0 aromatic rings. The lowest BCUT2D eigenvalue weighted by Gasteiger charge is -2.14. The van der Waals surface area contributed by atoms with Crippen LogP contribution in [0.1, 0.15) is 45.4 Å². The second kappa shape index (κ2) is 9.20. The van der Waals surface area contributed by atoms with Crippen LogP contribution in [0.15, 0.2) is 10.6 Å². The monoisotopic (exact) mass is 290 g/mol. The number of ether oxygens (including phenoxy) is 2. The van der Waals surface area contributed by atoms with Crippen molar-refractivity contribution >= 4 is 15.9 Å². The third-order valence-corrected chi connectivity index (χ3v) is 3.45. The van der Waals surface area contributed by atoms with Gasteiger partial charge >= 0.3 is 0 Å². The summed E-state index contributed by atoms with van der Waals surface area (Å²) in [4.78, 5) is 0. The molecule has 3 heteroatoms. The topological polar surface area (TPSA) is 18.5 Å². The normalized spacial score (nSPS) is 26.4. The van der Waals surface area contributed by atoms with Gasteiger partial charge in [0.2, 0.25) is 0 Å². The van der Waals surface area contributed by atoms with Crippen LogP contribution in [0.5, 0.6) is 0 Å². The zero-order chi connectivity index (χ0) is 11.6. The third kappa shape index (κ3) is 6.66. The second-order valence-electron chi connectivity index (χ2n) is 4.17. The van der Waals surface area contributed by atoms with Crippen molar-refractivity contribution in [1.82, 2.24) is 0 Å². The van der Waals surface area contributed by atoms with E-state index in [4.69, 9.17) is 9.47 Å². The van der Waals surface area contributed by atoms with Crippen molar-refractivity contribution in [3.63, 3.8) is 0 Å². The molecule has 1 aliphatic rings. The maximum absolute atomic E-state index is 5.82. The average Bonchev–Trinajstić information content (AvgIpc) is 2.37. The molecule has 0 amide bonds. The number of halogens is 1. The predicted octanol–water partition coefficient (Wildman–Crippen LogP) is 4.04. The van der Waals surface area contributed by atoms with E-state index in [-0.39, 0.29) is 6.10 Å². The molecule has 1 rings (SSSR count). The second-order valence-corrected chi connectivity index (χ2v) is 5.19. The summed E-state index contributed by atoms with van der Waals surface area (Å²) in [6, 6.07) is 0. The highest BCUT2D eigenvalue weighted by Crippen LogP contribution is 2.22. The molecule has 0 saturated heterocycles. The lowest BCUT2D eigenvalue weighted by molar-refractivity contribution is 0.0230. The van der Waals surface area contributed by atoms with E-state index in [1.807, 2.05) is 6.92 Å². The first-order valence-corrected chi connectivity index (χ1v) is 7.17. The first kappa shape index (κ1) is 14.2. The molecule has 0 N–H and O–H groups in total. The Morgan fingerprint density at radius 2 is 2.06 bits per heavy atom. The van der Waals surface area contributed by atoms with Gasteiger partial charge < -0.3 is 9.47 Å². The Hall–Kier alpha value is 0.140. The summed E-state index contributed by atoms with van der Waals surface area (Å²) in [6.07, 6.45) is 10.0. The van der Waals surface area contributed by atoms with Crippen LogP contribution in [0.2, 0.25) is 0 Å². The Kier molecular flexibility index (Phi) is 8.17. The van der Waals surface area contributed by atoms with Crippen molar-refractivity contribution in [1.29, 1.82) is 0 Å². The summed E-state index contributed by atoms with van der Waals surface area (Å²) < 4.78 is 12.4. The number of hydrogen-bond donors (Lipinski definition) is 0. The van der Waals surface area contributed by atoms with Crippen LogP contribution in [0, 0.1) is 0 Å². The van der Waals surface area contributed by atoms with Gasteiger partial charge in [-0.05, 0) is 36.7 Å². The highest BCUT2D eigenvalue weighted by atomic mass is 79.9. The lowest BCUT2D eigenvalue weighted by atomic mass is 10.1. The molecule has 0 radical (unpaired) electrons. The van der Waals surface area contributed by atoms with Crippen LogP contribution in [-0.4, -0.2) is 25.9 Å². The summed E-state index contributed by atoms with van der Waals surface area (Å²) in [7, 11) is 0. The fourth-order valence-electron chi connectivity index (χ4n) is 1.90. The van der Waals surface area contributed by atoms with Crippen molar-refractivity contribution < 1.29 is 9.47 Å². The van der Waals surface area contributed by atoms with Crippen LogP contribution in [0.3, 0.4) is 0 Å². The average molecular weight is 291 g/mol. The van der Waals surface area contributed by atoms with E-state index in [0.29, 0.717) is 13.2 Å². The molecule has 0 saturated carbocycles. The maximum Gasteiger partial charge on any atom is 0.0767 e. The molecule has 0 aromatic carbocycles. The molecular weight excluding hydrogens is 268 g/mol. The number of rotatable bonds is 5. The van der Waals surface area contributed by atoms with E-state index in [1.165, 1.54) is 30.2 Å². The number of allylic oxidation sites excluding steroid dienone is 1. The van der Waals surface area contributed by atoms with Gasteiger partial charge in [-0.3, -0.25) is 0 Å². The first-order chi connectivity index (χ1) is 7.83. The Morgan fingerprint density at radius 3 is 2.88 bits per heavy atom. The van der Waals surface area contributed by atoms with Gasteiger partial charge in [-0.1, -0.05) is 35.2 Å². The molecule has 1 aliphatic carbocycles. The highest BCUT2D eigenvalue weighted by Gasteiger charge is 2.09. The maximum atomic E-state index is 5.82. The van der Waals surface area contributed by atoms with Gasteiger partial charge in [0.1, 0.15) is 0 Å². The molecule has 0 fully saturated rings. The minimum atomic E-state index is 0.271. The zero-order valence-electron chi connectivity index (χ0n) is 10.2. The largest absolute Gasteiger partial charge is 0.379 e. The molecule has 0 heterocycles. The van der Waals surface area contributed by atoms with E-state index >= 15 is 0 Å². The summed E-state index contributed by atoms with van der Waals surface area (Å²) in [5.41, 5.74) is 0. The minimum absolute atomic E-state index is 0.271. The summed E-state index contributed by atoms with van der Waals surface area (Å²) >= 11 is 3.62. The Bertz CT molecular complexity index is 204. The SMILES string of the molecule is CCOCCOC1/C=C(/Br)CCCCCC1. The van der Waals surface area contributed by atoms with Crippen LogP contribution in [0.4, 0.5) is 0 Å². The third-order valence-electron chi connectivity index (χ3n) is 2.78. The highest BCUT2D eigenvalue weighted by molar-refractivity contribution is 9.11. The quantitative estimate of drug-likeness (QED) is 0.712. The van der Waals surface area contributed by atoms with E-state index in [2.05, 4.69) is 22.0 Å². The van der Waals surface area contributed by atoms with E-state index in [9.17, 15) is 0 Å². The van der Waals surface area contributed by atoms with Crippen LogP contribution >= 0.6 is 15.9 Å². The van der Waals surface area contributed by atoms with Crippen LogP contribution < -0.4 is 0 Å². The molecule has 0 bridgehead atoms. The van der Waals surface area contributed by atoms with Crippen molar-refractivity contribution in [3.8, 4) is 0 Å². The van der Waals surface area contributed by atoms with Crippen LogP contribution in [0.25, 0.3) is 0 Å². The van der Waals surface area contributed by atoms with E-state index in [1.54, 1.807) is 0 Å². The molecular formula is C13H23BrO2. The fraction of sp³-hybridized carbons (Fsp3) is 0.846. The molecule has 16 heavy (non-hydrogen) atoms. The minimum Gasteiger partial charge on any atom is -0.379 e. The molecule has 0 aliphatic heterocycles. The van der Waals surface area contributed by atoms with Crippen molar-refractivity contribution in [2.75, 3.05) is 19.8 Å². The molecule has 94 valence electrons. The van der Waals surface area contributed by atoms with Gasteiger partial charge in [0, 0.05) is 6.61 Å². The molecule has 1 atom stereocenters. The van der Waals surface area contributed by atoms with Gasteiger partial charge in [0.15, 0.2) is 0 Å². The standard InChI is InChI=1S/C13H23BrO2/c1-2-15-9-10-16-13-8-6-4-3-5-7-12(14)11-13/h11,13H,2-10H2,1H3/b12-11+. The van der Waals surface area contributed by atoms with Gasteiger partial charge in [0.05, 0.1) is 19.3 Å². The summed E-state index contributed by atoms with van der Waals surface area (Å²) in [5, 5.41) is 0. The Balaban J connectivity index is 2.29. The first-order valence-electron chi connectivity index (χ1n) is 6.38.